The van der Waals surface area contributed by atoms with Crippen LogP contribution in [-0.2, 0) is 0 Å². The largest absolute Gasteiger partial charge is 0.309 e. The summed E-state index contributed by atoms with van der Waals surface area (Å²) in [6.07, 6.45) is 0. The fraction of sp³-hybridized carbons (Fsp3) is 0. The molecule has 0 spiro atoms. The van der Waals surface area contributed by atoms with Crippen LogP contribution in [-0.4, -0.2) is 9.13 Å². The van der Waals surface area contributed by atoms with Crippen LogP contribution in [0.4, 0.5) is 0 Å². The Morgan fingerprint density at radius 1 is 0.351 bits per heavy atom. The zero-order valence-corrected chi connectivity index (χ0v) is 31.4. The van der Waals surface area contributed by atoms with Crippen LogP contribution in [0.2, 0.25) is 0 Å². The molecule has 0 radical (unpaired) electrons. The molecule has 0 aliphatic carbocycles. The molecule has 0 saturated carbocycles. The molecule has 3 heteroatoms. The number of aromatic nitrogens is 2. The molecule has 12 rings (SSSR count). The first-order valence-electron chi connectivity index (χ1n) is 21.6. The van der Waals surface area contributed by atoms with E-state index in [0.717, 1.165) is 59.2 Å². The highest BCUT2D eigenvalue weighted by Gasteiger charge is 2.18. The van der Waals surface area contributed by atoms with Crippen LogP contribution in [0.3, 0.4) is 0 Å². The van der Waals surface area contributed by atoms with E-state index in [-0.39, 0.29) is 35.8 Å². The van der Waals surface area contributed by atoms with Gasteiger partial charge in [0, 0.05) is 53.1 Å². The Morgan fingerprint density at radius 2 is 0.912 bits per heavy atom. The molecular formula is C54H34N2S. The first-order chi connectivity index (χ1) is 30.3. The van der Waals surface area contributed by atoms with E-state index >= 15 is 0 Å². The van der Waals surface area contributed by atoms with E-state index < -0.39 is 0 Å². The van der Waals surface area contributed by atoms with Gasteiger partial charge in [-0.1, -0.05) is 139 Å². The summed E-state index contributed by atoms with van der Waals surface area (Å²) in [6.45, 7) is 0. The quantitative estimate of drug-likeness (QED) is 0.166. The lowest BCUT2D eigenvalue weighted by Gasteiger charge is -2.10. The van der Waals surface area contributed by atoms with Gasteiger partial charge in [0.05, 0.1) is 28.9 Å². The first kappa shape index (κ1) is 27.4. The standard InChI is InChI=1S/C54H34N2S/c1-3-12-35(13-4-1)36-22-26-40(27-23-36)55-48-19-9-7-16-43(48)46-32-38(24-30-50(46)55)39-25-31-51-47(33-39)44-17-8-10-20-49(44)56(51)41-28-29-45-53(34-41)57-52-21-11-18-42(54(45)52)37-14-5-2-6-15-37/h1-34H/i2D,5D,6D,14D,15D. The lowest BCUT2D eigenvalue weighted by Crippen LogP contribution is -1.94. The van der Waals surface area contributed by atoms with Crippen molar-refractivity contribution >= 4 is 75.1 Å². The van der Waals surface area contributed by atoms with E-state index in [1.807, 2.05) is 24.3 Å². The molecule has 12 aromatic rings. The lowest BCUT2D eigenvalue weighted by molar-refractivity contribution is 1.18. The molecule has 57 heavy (non-hydrogen) atoms. The van der Waals surface area contributed by atoms with Crippen molar-refractivity contribution in [1.82, 2.24) is 9.13 Å². The van der Waals surface area contributed by atoms with Crippen molar-refractivity contribution in [3.63, 3.8) is 0 Å². The second-order valence-corrected chi connectivity index (χ2v) is 15.6. The molecule has 9 aromatic carbocycles. The molecule has 0 saturated heterocycles. The van der Waals surface area contributed by atoms with Gasteiger partial charge in [0.2, 0.25) is 0 Å². The van der Waals surface area contributed by atoms with Crippen molar-refractivity contribution in [3.8, 4) is 44.8 Å². The number of hydrogen-bond donors (Lipinski definition) is 0. The maximum absolute atomic E-state index is 8.72. The van der Waals surface area contributed by atoms with E-state index in [2.05, 4.69) is 161 Å². The Balaban J connectivity index is 0.974. The first-order valence-corrected chi connectivity index (χ1v) is 19.9. The van der Waals surface area contributed by atoms with Gasteiger partial charge >= 0.3 is 0 Å². The minimum atomic E-state index is -0.389. The summed E-state index contributed by atoms with van der Waals surface area (Å²) in [4.78, 5) is 0. The topological polar surface area (TPSA) is 9.86 Å². The highest BCUT2D eigenvalue weighted by atomic mass is 32.1. The van der Waals surface area contributed by atoms with Gasteiger partial charge in [0.15, 0.2) is 0 Å². The van der Waals surface area contributed by atoms with E-state index in [1.165, 1.54) is 38.2 Å². The number of thiophene rings is 1. The zero-order chi connectivity index (χ0) is 41.8. The summed E-state index contributed by atoms with van der Waals surface area (Å²) in [5.41, 5.74) is 12.3. The number of para-hydroxylation sites is 2. The van der Waals surface area contributed by atoms with Gasteiger partial charge in [0.25, 0.3) is 0 Å². The van der Waals surface area contributed by atoms with E-state index in [9.17, 15) is 0 Å². The SMILES string of the molecule is [2H]c1c([2H])c([2H])c(-c2cccc3sc4cc(-n5c6ccccc6c6cc(-c7ccc8c(c7)c7ccccc7n8-c7ccc(-c8ccccc8)cc7)ccc65)ccc4c23)c([2H])c1[2H]. The summed E-state index contributed by atoms with van der Waals surface area (Å²) in [6, 6.07) is 61.0. The van der Waals surface area contributed by atoms with Crippen LogP contribution in [0.15, 0.2) is 206 Å². The van der Waals surface area contributed by atoms with Crippen LogP contribution in [0.5, 0.6) is 0 Å². The molecule has 0 unspecified atom stereocenters. The predicted octanol–water partition coefficient (Wildman–Crippen LogP) is 15.2. The summed E-state index contributed by atoms with van der Waals surface area (Å²) in [5, 5.41) is 6.64. The molecular weight excluding hydrogens is 709 g/mol. The third kappa shape index (κ3) is 5.03. The minimum Gasteiger partial charge on any atom is -0.309 e. The van der Waals surface area contributed by atoms with E-state index in [0.29, 0.717) is 5.56 Å². The predicted molar refractivity (Wildman–Crippen MR) is 244 cm³/mol. The molecule has 0 atom stereocenters. The maximum atomic E-state index is 8.72. The second kappa shape index (κ2) is 12.7. The van der Waals surface area contributed by atoms with Gasteiger partial charge in [-0.3, -0.25) is 0 Å². The van der Waals surface area contributed by atoms with Crippen LogP contribution >= 0.6 is 11.3 Å². The molecule has 0 amide bonds. The van der Waals surface area contributed by atoms with Gasteiger partial charge in [0.1, 0.15) is 0 Å². The number of benzene rings is 9. The van der Waals surface area contributed by atoms with Gasteiger partial charge in [-0.15, -0.1) is 11.3 Å². The monoisotopic (exact) mass is 747 g/mol. The van der Waals surface area contributed by atoms with Gasteiger partial charge in [-0.25, -0.2) is 0 Å². The Kier molecular flexibility index (Phi) is 6.09. The summed E-state index contributed by atoms with van der Waals surface area (Å²) in [5.74, 6) is 0. The van der Waals surface area contributed by atoms with Crippen LogP contribution in [0.25, 0.3) is 109 Å². The van der Waals surface area contributed by atoms with Crippen molar-refractivity contribution in [2.75, 3.05) is 0 Å². The fourth-order valence-electron chi connectivity index (χ4n) is 8.84. The van der Waals surface area contributed by atoms with Crippen molar-refractivity contribution < 1.29 is 6.85 Å². The Bertz CT molecular complexity index is 3780. The lowest BCUT2D eigenvalue weighted by atomic mass is 9.99. The van der Waals surface area contributed by atoms with Gasteiger partial charge < -0.3 is 9.13 Å². The Morgan fingerprint density at radius 3 is 1.60 bits per heavy atom. The van der Waals surface area contributed by atoms with Gasteiger partial charge in [-0.05, 0) is 100 Å². The van der Waals surface area contributed by atoms with Gasteiger partial charge in [-0.2, -0.15) is 0 Å². The highest BCUT2D eigenvalue weighted by Crippen LogP contribution is 2.43. The average Bonchev–Trinajstić information content (AvgIpc) is 3.98. The smallest absolute Gasteiger partial charge is 0.0629 e. The second-order valence-electron chi connectivity index (χ2n) is 14.5. The van der Waals surface area contributed by atoms with Crippen molar-refractivity contribution in [2.24, 2.45) is 0 Å². The number of nitrogens with zero attached hydrogens (tertiary/aromatic N) is 2. The van der Waals surface area contributed by atoms with Crippen LogP contribution in [0, 0.1) is 0 Å². The van der Waals surface area contributed by atoms with E-state index in [1.54, 1.807) is 11.3 Å². The molecule has 3 heterocycles. The van der Waals surface area contributed by atoms with E-state index in [4.69, 9.17) is 6.85 Å². The third-order valence-corrected chi connectivity index (χ3v) is 12.5. The normalized spacial score (nSPS) is 13.1. The Hall–Kier alpha value is -7.20. The third-order valence-electron chi connectivity index (χ3n) is 11.4. The number of fused-ring (bicyclic) bond motifs is 9. The summed E-state index contributed by atoms with van der Waals surface area (Å²) >= 11 is 1.65. The molecule has 0 fully saturated rings. The average molecular weight is 748 g/mol. The van der Waals surface area contributed by atoms with Crippen LogP contribution in [0.1, 0.15) is 6.85 Å². The molecule has 0 N–H and O–H groups in total. The molecule has 0 bridgehead atoms. The highest BCUT2D eigenvalue weighted by molar-refractivity contribution is 7.26. The molecule has 2 nitrogen and oxygen atoms in total. The molecule has 0 aliphatic heterocycles. The van der Waals surface area contributed by atoms with Crippen molar-refractivity contribution in [2.45, 2.75) is 0 Å². The number of hydrogen-bond acceptors (Lipinski definition) is 1. The minimum absolute atomic E-state index is 0.194. The zero-order valence-electron chi connectivity index (χ0n) is 35.5. The maximum Gasteiger partial charge on any atom is 0.0629 e. The Labute approximate surface area is 340 Å². The van der Waals surface area contributed by atoms with Crippen molar-refractivity contribution in [1.29, 1.82) is 0 Å². The summed E-state index contributed by atoms with van der Waals surface area (Å²) < 4.78 is 49.0. The van der Waals surface area contributed by atoms with Crippen LogP contribution < -0.4 is 0 Å². The van der Waals surface area contributed by atoms with Crippen molar-refractivity contribution in [3.05, 3.63) is 206 Å². The fourth-order valence-corrected chi connectivity index (χ4v) is 10.0. The molecule has 3 aromatic heterocycles. The molecule has 0 aliphatic rings. The molecule has 266 valence electrons. The summed E-state index contributed by atoms with van der Waals surface area (Å²) in [7, 11) is 0. The number of rotatable bonds is 5.